The molecular formula is C23H32N2O5. The lowest BCUT2D eigenvalue weighted by Gasteiger charge is -2.65. The Morgan fingerprint density at radius 2 is 1.80 bits per heavy atom. The minimum Gasteiger partial charge on any atom is -0.465 e. The minimum absolute atomic E-state index is 0.0910. The fraction of sp³-hybridized carbons (Fsp3) is 0.652. The Hall–Kier alpha value is -2.12. The predicted octanol–water partition coefficient (Wildman–Crippen LogP) is 3.53. The van der Waals surface area contributed by atoms with Crippen molar-refractivity contribution in [1.29, 1.82) is 0 Å². The summed E-state index contributed by atoms with van der Waals surface area (Å²) >= 11 is 0. The zero-order valence-corrected chi connectivity index (χ0v) is 18.3. The van der Waals surface area contributed by atoms with Gasteiger partial charge in [0, 0.05) is 25.4 Å². The van der Waals surface area contributed by atoms with E-state index < -0.39 is 11.1 Å². The van der Waals surface area contributed by atoms with Crippen LogP contribution in [0.1, 0.15) is 52.5 Å². The van der Waals surface area contributed by atoms with E-state index in [2.05, 4.69) is 6.92 Å². The highest BCUT2D eigenvalue weighted by molar-refractivity contribution is 5.84. The van der Waals surface area contributed by atoms with E-state index >= 15 is 0 Å². The highest BCUT2D eigenvalue weighted by atomic mass is 16.7. The molecule has 7 nitrogen and oxygen atoms in total. The van der Waals surface area contributed by atoms with Crippen LogP contribution in [-0.2, 0) is 25.7 Å². The number of likely N-dealkylation sites (tertiary alicyclic amines) is 1. The summed E-state index contributed by atoms with van der Waals surface area (Å²) in [4.78, 5) is 33.5. The average Bonchev–Trinajstić information content (AvgIpc) is 3.03. The summed E-state index contributed by atoms with van der Waals surface area (Å²) in [5.41, 5.74) is -0.429. The van der Waals surface area contributed by atoms with Crippen molar-refractivity contribution < 1.29 is 23.9 Å². The molecule has 0 N–H and O–H groups in total. The van der Waals surface area contributed by atoms with Gasteiger partial charge < -0.3 is 14.4 Å². The van der Waals surface area contributed by atoms with Crippen molar-refractivity contribution in [2.75, 3.05) is 19.7 Å². The zero-order chi connectivity index (χ0) is 21.6. The van der Waals surface area contributed by atoms with Gasteiger partial charge in [0.1, 0.15) is 6.61 Å². The van der Waals surface area contributed by atoms with E-state index in [1.165, 1.54) is 0 Å². The summed E-state index contributed by atoms with van der Waals surface area (Å²) in [5, 5.41) is 1.93. The van der Waals surface area contributed by atoms with E-state index in [4.69, 9.17) is 14.3 Å². The molecule has 164 valence electrons. The zero-order valence-electron chi connectivity index (χ0n) is 18.3. The number of amides is 1. The number of ether oxygens (including phenoxy) is 2. The molecule has 1 amide bonds. The molecule has 3 fully saturated rings. The van der Waals surface area contributed by atoms with Gasteiger partial charge in [-0.2, -0.15) is 5.06 Å². The van der Waals surface area contributed by atoms with Crippen LogP contribution in [0.2, 0.25) is 0 Å². The maximum Gasteiger partial charge on any atom is 0.410 e. The number of piperidine rings is 1. The number of carbonyl (C=O) groups is 2. The molecule has 30 heavy (non-hydrogen) atoms. The van der Waals surface area contributed by atoms with E-state index in [1.807, 2.05) is 56.2 Å². The summed E-state index contributed by atoms with van der Waals surface area (Å²) in [6.07, 6.45) is 1.81. The Bertz CT molecular complexity index is 803. The van der Waals surface area contributed by atoms with E-state index in [9.17, 15) is 9.59 Å². The van der Waals surface area contributed by atoms with Crippen LogP contribution in [0.4, 0.5) is 4.79 Å². The summed E-state index contributed by atoms with van der Waals surface area (Å²) in [6, 6.07) is 9.68. The van der Waals surface area contributed by atoms with Crippen molar-refractivity contribution >= 4 is 12.1 Å². The van der Waals surface area contributed by atoms with Gasteiger partial charge in [0.25, 0.3) is 0 Å². The Kier molecular flexibility index (Phi) is 5.31. The van der Waals surface area contributed by atoms with Crippen LogP contribution < -0.4 is 0 Å². The number of nitrogens with zero attached hydrogens (tertiary/aromatic N) is 2. The van der Waals surface area contributed by atoms with Crippen LogP contribution in [0, 0.1) is 5.92 Å². The normalized spacial score (nSPS) is 29.2. The first-order valence-corrected chi connectivity index (χ1v) is 10.9. The number of hydroxylamine groups is 2. The molecule has 7 heteroatoms. The number of carbonyl (C=O) groups excluding carboxylic acids is 2. The molecule has 0 radical (unpaired) electrons. The van der Waals surface area contributed by atoms with Gasteiger partial charge in [-0.15, -0.1) is 0 Å². The summed E-state index contributed by atoms with van der Waals surface area (Å²) in [7, 11) is 0. The summed E-state index contributed by atoms with van der Waals surface area (Å²) in [6.45, 7) is 9.78. The number of fused-ring (bicyclic) bond motifs is 2. The first-order valence-electron chi connectivity index (χ1n) is 10.9. The van der Waals surface area contributed by atoms with Gasteiger partial charge in [0.05, 0.1) is 17.7 Å². The molecule has 0 aliphatic carbocycles. The van der Waals surface area contributed by atoms with E-state index in [0.717, 1.165) is 18.4 Å². The molecule has 2 atom stereocenters. The topological polar surface area (TPSA) is 68.3 Å². The van der Waals surface area contributed by atoms with Crippen LogP contribution in [0.25, 0.3) is 0 Å². The molecule has 0 aromatic heterocycles. The van der Waals surface area contributed by atoms with Gasteiger partial charge in [-0.05, 0) is 39.2 Å². The summed E-state index contributed by atoms with van der Waals surface area (Å²) < 4.78 is 10.9. The van der Waals surface area contributed by atoms with Crippen LogP contribution >= 0.6 is 0 Å². The smallest absolute Gasteiger partial charge is 0.410 e. The maximum absolute atomic E-state index is 12.9. The fourth-order valence-corrected chi connectivity index (χ4v) is 5.56. The second kappa shape index (κ2) is 7.54. The molecule has 1 spiro atoms. The number of hydrogen-bond acceptors (Lipinski definition) is 6. The highest BCUT2D eigenvalue weighted by Gasteiger charge is 2.77. The van der Waals surface area contributed by atoms with Crippen molar-refractivity contribution in [2.45, 2.75) is 70.2 Å². The van der Waals surface area contributed by atoms with Crippen LogP contribution in [0.3, 0.4) is 0 Å². The molecule has 4 rings (SSSR count). The number of esters is 1. The van der Waals surface area contributed by atoms with Crippen molar-refractivity contribution in [2.24, 2.45) is 5.92 Å². The van der Waals surface area contributed by atoms with Crippen LogP contribution in [-0.4, -0.2) is 58.4 Å². The first kappa shape index (κ1) is 21.1. The lowest BCUT2D eigenvalue weighted by molar-refractivity contribution is -0.355. The Morgan fingerprint density at radius 3 is 2.43 bits per heavy atom. The minimum atomic E-state index is -0.727. The molecule has 1 aromatic carbocycles. The molecule has 0 unspecified atom stereocenters. The largest absolute Gasteiger partial charge is 0.465 e. The second-order valence-electron chi connectivity index (χ2n) is 9.32. The van der Waals surface area contributed by atoms with E-state index in [-0.39, 0.29) is 30.1 Å². The van der Waals surface area contributed by atoms with Gasteiger partial charge in [0.2, 0.25) is 0 Å². The van der Waals surface area contributed by atoms with Crippen molar-refractivity contribution in [3.63, 3.8) is 0 Å². The Balaban J connectivity index is 1.41. The predicted molar refractivity (Wildman–Crippen MR) is 110 cm³/mol. The van der Waals surface area contributed by atoms with Gasteiger partial charge in [0.15, 0.2) is 5.54 Å². The Morgan fingerprint density at radius 1 is 1.13 bits per heavy atom. The molecule has 0 saturated carbocycles. The third-order valence-electron chi connectivity index (χ3n) is 7.04. The molecule has 3 aliphatic rings. The van der Waals surface area contributed by atoms with Gasteiger partial charge in [-0.1, -0.05) is 37.3 Å². The fourth-order valence-electron chi connectivity index (χ4n) is 5.56. The molecule has 3 aliphatic heterocycles. The lowest BCUT2D eigenvalue weighted by atomic mass is 9.56. The second-order valence-corrected chi connectivity index (χ2v) is 9.32. The average molecular weight is 417 g/mol. The molecular weight excluding hydrogens is 384 g/mol. The molecule has 0 bridgehead atoms. The van der Waals surface area contributed by atoms with E-state index in [1.54, 1.807) is 4.90 Å². The number of hydrogen-bond donors (Lipinski definition) is 0. The van der Waals surface area contributed by atoms with Crippen molar-refractivity contribution in [1.82, 2.24) is 9.96 Å². The Labute approximate surface area is 178 Å². The first-order chi connectivity index (χ1) is 14.2. The number of rotatable bonds is 4. The molecule has 3 heterocycles. The third-order valence-corrected chi connectivity index (χ3v) is 7.04. The quantitative estimate of drug-likeness (QED) is 0.700. The van der Waals surface area contributed by atoms with Gasteiger partial charge in [-0.3, -0.25) is 4.84 Å². The van der Waals surface area contributed by atoms with Gasteiger partial charge in [-0.25, -0.2) is 9.59 Å². The molecule has 1 aromatic rings. The maximum atomic E-state index is 12.9. The lowest BCUT2D eigenvalue weighted by Crippen LogP contribution is -2.81. The standard InChI is InChI=1S/C23H32N2O5/c1-5-28-19(26)23-16-21(3,4)30-25(23)22(17(23)2)11-13-24(14-12-22)20(27)29-15-18-9-7-6-8-10-18/h6-10,17H,5,11-16H2,1-4H3/t17-,23-/m1/s1. The van der Waals surface area contributed by atoms with E-state index in [0.29, 0.717) is 26.1 Å². The van der Waals surface area contributed by atoms with Crippen molar-refractivity contribution in [3.05, 3.63) is 35.9 Å². The SMILES string of the molecule is CCOC(=O)[C@]12CC(C)(C)ON1C1(CCN(C(=O)OCc3ccccc3)CC1)[C@H]2C. The van der Waals surface area contributed by atoms with Gasteiger partial charge >= 0.3 is 12.1 Å². The third kappa shape index (κ3) is 3.19. The van der Waals surface area contributed by atoms with Crippen LogP contribution in [0.15, 0.2) is 30.3 Å². The van der Waals surface area contributed by atoms with Crippen LogP contribution in [0.5, 0.6) is 0 Å². The molecule has 3 saturated heterocycles. The highest BCUT2D eigenvalue weighted by Crippen LogP contribution is 2.63. The van der Waals surface area contributed by atoms with Crippen molar-refractivity contribution in [3.8, 4) is 0 Å². The number of benzene rings is 1. The summed E-state index contributed by atoms with van der Waals surface area (Å²) in [5.74, 6) is -0.105. The monoisotopic (exact) mass is 416 g/mol.